The van der Waals surface area contributed by atoms with Crippen LogP contribution in [0.15, 0.2) is 0 Å². The van der Waals surface area contributed by atoms with Gasteiger partial charge >= 0.3 is 0 Å². The minimum absolute atomic E-state index is 0.288. The number of nitrogens with zero attached hydrogens (tertiary/aromatic N) is 1. The third kappa shape index (κ3) is 3.34. The van der Waals surface area contributed by atoms with Crippen molar-refractivity contribution in [2.45, 2.75) is 72.3 Å². The van der Waals surface area contributed by atoms with Gasteiger partial charge in [-0.1, -0.05) is 40.0 Å². The van der Waals surface area contributed by atoms with Gasteiger partial charge in [0, 0.05) is 5.92 Å². The molecule has 1 aliphatic rings. The Hall–Kier alpha value is -0.370. The maximum atomic E-state index is 12.8. The summed E-state index contributed by atoms with van der Waals surface area (Å²) in [5, 5.41) is 0. The van der Waals surface area contributed by atoms with Gasteiger partial charge in [0.1, 0.15) is 0 Å². The first-order valence-electron chi connectivity index (χ1n) is 7.76. The van der Waals surface area contributed by atoms with Crippen LogP contribution in [-0.2, 0) is 4.79 Å². The summed E-state index contributed by atoms with van der Waals surface area (Å²) in [4.78, 5) is 15.1. The second-order valence-corrected chi connectivity index (χ2v) is 6.23. The Bertz CT molecular complexity index is 268. The number of likely N-dealkylation sites (N-methyl/N-ethyl adjacent to an activating group) is 1. The van der Waals surface area contributed by atoms with Gasteiger partial charge in [-0.25, -0.2) is 0 Å². The van der Waals surface area contributed by atoms with E-state index in [4.69, 9.17) is 0 Å². The van der Waals surface area contributed by atoms with Crippen LogP contribution in [0.5, 0.6) is 0 Å². The fourth-order valence-electron chi connectivity index (χ4n) is 3.57. The number of carbonyl (C=O) groups excluding carboxylic acids is 1. The zero-order chi connectivity index (χ0) is 13.8. The fourth-order valence-corrected chi connectivity index (χ4v) is 3.57. The lowest BCUT2D eigenvalue weighted by atomic mass is 9.74. The second kappa shape index (κ2) is 6.70. The van der Waals surface area contributed by atoms with Crippen molar-refractivity contribution in [2.24, 2.45) is 11.8 Å². The van der Waals surface area contributed by atoms with Crippen LogP contribution in [0, 0.1) is 11.8 Å². The largest absolute Gasteiger partial charge is 0.297 e. The highest BCUT2D eigenvalue weighted by molar-refractivity contribution is 5.89. The van der Waals surface area contributed by atoms with E-state index in [0.29, 0.717) is 11.7 Å². The Morgan fingerprint density at radius 2 is 1.78 bits per heavy atom. The summed E-state index contributed by atoms with van der Waals surface area (Å²) < 4.78 is 0. The predicted octanol–water partition coefficient (Wildman–Crippen LogP) is 3.89. The molecule has 106 valence electrons. The Balaban J connectivity index is 2.72. The number of carbonyl (C=O) groups is 1. The van der Waals surface area contributed by atoms with Gasteiger partial charge in [0.15, 0.2) is 5.78 Å². The summed E-state index contributed by atoms with van der Waals surface area (Å²) in [6.07, 6.45) is 6.03. The average Bonchev–Trinajstić information content (AvgIpc) is 2.39. The molecule has 0 radical (unpaired) electrons. The Morgan fingerprint density at radius 3 is 2.28 bits per heavy atom. The van der Waals surface area contributed by atoms with Gasteiger partial charge in [-0.05, 0) is 45.7 Å². The van der Waals surface area contributed by atoms with Crippen LogP contribution in [0.4, 0.5) is 0 Å². The highest BCUT2D eigenvalue weighted by Gasteiger charge is 2.38. The molecule has 2 nitrogen and oxygen atoms in total. The van der Waals surface area contributed by atoms with Crippen LogP contribution in [-0.4, -0.2) is 29.3 Å². The molecular weight excluding hydrogens is 222 g/mol. The molecule has 0 heterocycles. The third-order valence-electron chi connectivity index (χ3n) is 4.89. The second-order valence-electron chi connectivity index (χ2n) is 6.23. The van der Waals surface area contributed by atoms with Crippen molar-refractivity contribution in [2.75, 3.05) is 13.1 Å². The molecule has 0 aromatic rings. The van der Waals surface area contributed by atoms with Crippen molar-refractivity contribution in [1.29, 1.82) is 0 Å². The van der Waals surface area contributed by atoms with Gasteiger partial charge in [-0.2, -0.15) is 0 Å². The Morgan fingerprint density at radius 1 is 1.17 bits per heavy atom. The molecule has 0 amide bonds. The summed E-state index contributed by atoms with van der Waals surface area (Å²) in [7, 11) is 0. The van der Waals surface area contributed by atoms with Crippen molar-refractivity contribution in [3.05, 3.63) is 0 Å². The highest BCUT2D eigenvalue weighted by Crippen LogP contribution is 2.34. The van der Waals surface area contributed by atoms with E-state index in [1.165, 1.54) is 19.3 Å². The van der Waals surface area contributed by atoms with Crippen molar-refractivity contribution in [3.63, 3.8) is 0 Å². The topological polar surface area (TPSA) is 20.3 Å². The third-order valence-corrected chi connectivity index (χ3v) is 4.89. The molecule has 0 bridgehead atoms. The van der Waals surface area contributed by atoms with Crippen LogP contribution >= 0.6 is 0 Å². The molecule has 0 spiro atoms. The van der Waals surface area contributed by atoms with Crippen LogP contribution in [0.2, 0.25) is 0 Å². The van der Waals surface area contributed by atoms with Gasteiger partial charge in [0.05, 0.1) is 5.54 Å². The van der Waals surface area contributed by atoms with Crippen LogP contribution in [0.3, 0.4) is 0 Å². The zero-order valence-corrected chi connectivity index (χ0v) is 13.0. The first kappa shape index (κ1) is 15.7. The SMILES string of the molecule is CCC1CCCC(C(=O)C(C)(C)N(CC)CC)C1. The van der Waals surface area contributed by atoms with Crippen molar-refractivity contribution in [1.82, 2.24) is 4.90 Å². The minimum Gasteiger partial charge on any atom is -0.297 e. The number of Topliss-reactive ketones (excluding diaryl/α,β-unsaturated/α-hetero) is 1. The molecule has 2 unspecified atom stereocenters. The number of rotatable bonds is 6. The summed E-state index contributed by atoms with van der Waals surface area (Å²) in [5.41, 5.74) is -0.288. The van der Waals surface area contributed by atoms with E-state index in [9.17, 15) is 4.79 Å². The normalized spacial score (nSPS) is 25.4. The Labute approximate surface area is 113 Å². The van der Waals surface area contributed by atoms with Crippen molar-refractivity contribution < 1.29 is 4.79 Å². The molecule has 2 heteroatoms. The maximum absolute atomic E-state index is 12.8. The maximum Gasteiger partial charge on any atom is 0.155 e. The lowest BCUT2D eigenvalue weighted by molar-refractivity contribution is -0.135. The standard InChI is InChI=1S/C16H31NO/c1-6-13-10-9-11-14(12-13)15(18)16(4,5)17(7-2)8-3/h13-14H,6-12H2,1-5H3. The van der Waals surface area contributed by atoms with E-state index in [1.54, 1.807) is 0 Å². The van der Waals surface area contributed by atoms with E-state index in [1.807, 2.05) is 0 Å². The molecule has 1 rings (SSSR count). The molecule has 2 atom stereocenters. The molecule has 18 heavy (non-hydrogen) atoms. The van der Waals surface area contributed by atoms with E-state index < -0.39 is 0 Å². The van der Waals surface area contributed by atoms with Gasteiger partial charge < -0.3 is 0 Å². The first-order chi connectivity index (χ1) is 8.47. The zero-order valence-electron chi connectivity index (χ0n) is 13.0. The van der Waals surface area contributed by atoms with E-state index in [-0.39, 0.29) is 5.54 Å². The lowest BCUT2D eigenvalue weighted by Gasteiger charge is -2.40. The minimum atomic E-state index is -0.288. The average molecular weight is 253 g/mol. The number of hydrogen-bond donors (Lipinski definition) is 0. The van der Waals surface area contributed by atoms with Gasteiger partial charge in [0.25, 0.3) is 0 Å². The highest BCUT2D eigenvalue weighted by atomic mass is 16.1. The molecule has 0 saturated heterocycles. The Kier molecular flexibility index (Phi) is 5.84. The predicted molar refractivity (Wildman–Crippen MR) is 77.7 cm³/mol. The van der Waals surface area contributed by atoms with E-state index in [0.717, 1.165) is 31.8 Å². The monoisotopic (exact) mass is 253 g/mol. The summed E-state index contributed by atoms with van der Waals surface area (Å²) >= 11 is 0. The molecule has 0 aromatic carbocycles. The molecule has 1 saturated carbocycles. The lowest BCUT2D eigenvalue weighted by Crippen LogP contribution is -2.52. The van der Waals surface area contributed by atoms with Gasteiger partial charge in [0.2, 0.25) is 0 Å². The fraction of sp³-hybridized carbons (Fsp3) is 0.938. The van der Waals surface area contributed by atoms with Crippen LogP contribution < -0.4 is 0 Å². The molecule has 1 fully saturated rings. The molecule has 1 aliphatic carbocycles. The van der Waals surface area contributed by atoms with Crippen LogP contribution in [0.25, 0.3) is 0 Å². The summed E-state index contributed by atoms with van der Waals surface area (Å²) in [5.74, 6) is 1.56. The van der Waals surface area contributed by atoms with Crippen molar-refractivity contribution >= 4 is 5.78 Å². The summed E-state index contributed by atoms with van der Waals surface area (Å²) in [6, 6.07) is 0. The van der Waals surface area contributed by atoms with Crippen LogP contribution in [0.1, 0.15) is 66.7 Å². The smallest absolute Gasteiger partial charge is 0.155 e. The summed E-state index contributed by atoms with van der Waals surface area (Å²) in [6.45, 7) is 12.7. The van der Waals surface area contributed by atoms with Gasteiger partial charge in [-0.3, -0.25) is 9.69 Å². The molecular formula is C16H31NO. The first-order valence-corrected chi connectivity index (χ1v) is 7.76. The molecule has 0 N–H and O–H groups in total. The quantitative estimate of drug-likeness (QED) is 0.715. The van der Waals surface area contributed by atoms with E-state index >= 15 is 0 Å². The number of hydrogen-bond acceptors (Lipinski definition) is 2. The molecule has 0 aromatic heterocycles. The molecule has 0 aliphatic heterocycles. The van der Waals surface area contributed by atoms with E-state index in [2.05, 4.69) is 39.5 Å². The van der Waals surface area contributed by atoms with Gasteiger partial charge in [-0.15, -0.1) is 0 Å². The number of ketones is 1. The van der Waals surface area contributed by atoms with Crippen molar-refractivity contribution in [3.8, 4) is 0 Å².